The van der Waals surface area contributed by atoms with Crippen LogP contribution in [0.1, 0.15) is 85.5 Å². The van der Waals surface area contributed by atoms with Crippen molar-refractivity contribution in [2.75, 3.05) is 0 Å². The zero-order valence-corrected chi connectivity index (χ0v) is 17.0. The van der Waals surface area contributed by atoms with E-state index >= 15 is 0 Å². The van der Waals surface area contributed by atoms with Crippen LogP contribution in [0.3, 0.4) is 0 Å². The smallest absolute Gasteiger partial charge is 0.335 e. The zero-order valence-electron chi connectivity index (χ0n) is 17.0. The van der Waals surface area contributed by atoms with Gasteiger partial charge in [0.15, 0.2) is 6.10 Å². The number of aliphatic hydroxyl groups is 3. The lowest BCUT2D eigenvalue weighted by Gasteiger charge is -2.19. The molecule has 0 aromatic heterocycles. The van der Waals surface area contributed by atoms with E-state index in [-0.39, 0.29) is 6.42 Å². The van der Waals surface area contributed by atoms with Gasteiger partial charge in [-0.15, -0.1) is 0 Å². The average Bonchev–Trinajstić information content (AvgIpc) is 2.56. The third-order valence-electron chi connectivity index (χ3n) is 4.91. The molecule has 0 aliphatic heterocycles. The highest BCUT2D eigenvalue weighted by atomic mass is 16.4. The molecule has 0 spiro atoms. The normalized spacial score (nSPS) is 17.2. The fourth-order valence-electron chi connectivity index (χ4n) is 3.05. The maximum Gasteiger partial charge on any atom is 0.335 e. The minimum atomic E-state index is -1.94. The lowest BCUT2D eigenvalue weighted by atomic mass is 9.94. The van der Waals surface area contributed by atoms with Gasteiger partial charge in [0.25, 0.3) is 0 Å². The Morgan fingerprint density at radius 1 is 0.923 bits per heavy atom. The number of aliphatic carboxylic acids is 1. The third-order valence-corrected chi connectivity index (χ3v) is 4.91. The van der Waals surface area contributed by atoms with Crippen LogP contribution in [0.25, 0.3) is 0 Å². The molecular formula is C21H40O5. The SMILES string of the molecule is CC(=CCCCC(O)[C@H](O)[C@H](O)C(=O)O)CCCC(C)CCCC(C)C. The van der Waals surface area contributed by atoms with Crippen LogP contribution in [0.4, 0.5) is 0 Å². The van der Waals surface area contributed by atoms with Crippen LogP contribution in [-0.4, -0.2) is 44.7 Å². The van der Waals surface area contributed by atoms with Gasteiger partial charge < -0.3 is 20.4 Å². The van der Waals surface area contributed by atoms with Gasteiger partial charge in [0.05, 0.1) is 6.10 Å². The van der Waals surface area contributed by atoms with E-state index < -0.39 is 24.3 Å². The average molecular weight is 373 g/mol. The van der Waals surface area contributed by atoms with Gasteiger partial charge in [0.1, 0.15) is 6.10 Å². The van der Waals surface area contributed by atoms with E-state index in [4.69, 9.17) is 5.11 Å². The van der Waals surface area contributed by atoms with E-state index in [0.29, 0.717) is 6.42 Å². The lowest BCUT2D eigenvalue weighted by Crippen LogP contribution is -2.42. The van der Waals surface area contributed by atoms with Crippen molar-refractivity contribution in [2.24, 2.45) is 11.8 Å². The summed E-state index contributed by atoms with van der Waals surface area (Å²) >= 11 is 0. The summed E-state index contributed by atoms with van der Waals surface area (Å²) in [6, 6.07) is 0. The van der Waals surface area contributed by atoms with Crippen molar-refractivity contribution >= 4 is 5.97 Å². The van der Waals surface area contributed by atoms with Crippen molar-refractivity contribution in [2.45, 2.75) is 104 Å². The number of carboxylic acid groups (broad SMARTS) is 1. The molecule has 0 saturated heterocycles. The Labute approximate surface area is 159 Å². The highest BCUT2D eigenvalue weighted by molar-refractivity contribution is 5.72. The molecule has 154 valence electrons. The number of hydrogen-bond donors (Lipinski definition) is 4. The van der Waals surface area contributed by atoms with Crippen LogP contribution < -0.4 is 0 Å². The Morgan fingerprint density at radius 3 is 2.12 bits per heavy atom. The number of hydrogen-bond acceptors (Lipinski definition) is 4. The monoisotopic (exact) mass is 372 g/mol. The van der Waals surface area contributed by atoms with Crippen molar-refractivity contribution in [1.29, 1.82) is 0 Å². The number of carboxylic acids is 1. The van der Waals surface area contributed by atoms with Crippen LogP contribution in [0, 0.1) is 11.8 Å². The molecule has 5 nitrogen and oxygen atoms in total. The molecular weight excluding hydrogens is 332 g/mol. The molecule has 0 fully saturated rings. The number of unbranched alkanes of at least 4 members (excludes halogenated alkanes) is 1. The maximum absolute atomic E-state index is 10.6. The molecule has 0 aromatic rings. The molecule has 5 heteroatoms. The quantitative estimate of drug-likeness (QED) is 0.258. The van der Waals surface area contributed by atoms with Crippen molar-refractivity contribution in [3.8, 4) is 0 Å². The highest BCUT2D eigenvalue weighted by Crippen LogP contribution is 2.19. The first-order chi connectivity index (χ1) is 12.1. The van der Waals surface area contributed by atoms with Crippen molar-refractivity contribution in [1.82, 2.24) is 0 Å². The molecule has 0 rings (SSSR count). The summed E-state index contributed by atoms with van der Waals surface area (Å²) < 4.78 is 0. The van der Waals surface area contributed by atoms with Gasteiger partial charge in [-0.3, -0.25) is 0 Å². The standard InChI is InChI=1S/C21H40O5/c1-15(2)9-7-11-17(4)13-8-12-16(3)10-5-6-14-18(22)19(23)20(24)21(25)26/h10,15,17-20,22-24H,5-9,11-14H2,1-4H3,(H,25,26)/t17?,18?,19-,20-/m0/s1. The number of rotatable bonds is 15. The van der Waals surface area contributed by atoms with E-state index in [9.17, 15) is 20.1 Å². The predicted octanol–water partition coefficient (Wildman–Crippen LogP) is 3.90. The largest absolute Gasteiger partial charge is 0.479 e. The van der Waals surface area contributed by atoms with Crippen LogP contribution in [0.5, 0.6) is 0 Å². The summed E-state index contributed by atoms with van der Waals surface area (Å²) in [5, 5.41) is 37.1. The molecule has 2 unspecified atom stereocenters. The minimum Gasteiger partial charge on any atom is -0.479 e. The van der Waals surface area contributed by atoms with Gasteiger partial charge in [-0.2, -0.15) is 0 Å². The summed E-state index contributed by atoms with van der Waals surface area (Å²) in [6.07, 6.45) is 6.50. The Hall–Kier alpha value is -0.910. The second-order valence-electron chi connectivity index (χ2n) is 8.14. The van der Waals surface area contributed by atoms with Crippen molar-refractivity contribution in [3.63, 3.8) is 0 Å². The summed E-state index contributed by atoms with van der Waals surface area (Å²) in [5.74, 6) is 0.0453. The van der Waals surface area contributed by atoms with Crippen molar-refractivity contribution < 1.29 is 25.2 Å². The second-order valence-corrected chi connectivity index (χ2v) is 8.14. The number of allylic oxidation sites excluding steroid dienone is 2. The van der Waals surface area contributed by atoms with E-state index in [1.807, 2.05) is 0 Å². The molecule has 0 aliphatic rings. The molecule has 0 amide bonds. The topological polar surface area (TPSA) is 98.0 Å². The van der Waals surface area contributed by atoms with E-state index in [2.05, 4.69) is 33.8 Å². The molecule has 0 radical (unpaired) electrons. The maximum atomic E-state index is 10.6. The Bertz CT molecular complexity index is 405. The second kappa shape index (κ2) is 14.2. The molecule has 4 atom stereocenters. The lowest BCUT2D eigenvalue weighted by molar-refractivity contribution is -0.158. The molecule has 26 heavy (non-hydrogen) atoms. The van der Waals surface area contributed by atoms with Crippen LogP contribution in [0.15, 0.2) is 11.6 Å². The number of aliphatic hydroxyl groups excluding tert-OH is 3. The van der Waals surface area contributed by atoms with Gasteiger partial charge in [-0.25, -0.2) is 4.79 Å². The first kappa shape index (κ1) is 25.1. The first-order valence-electron chi connectivity index (χ1n) is 10.1. The van der Waals surface area contributed by atoms with Crippen LogP contribution >= 0.6 is 0 Å². The van der Waals surface area contributed by atoms with E-state index in [1.54, 1.807) is 0 Å². The molecule has 0 heterocycles. The fraction of sp³-hybridized carbons (Fsp3) is 0.857. The predicted molar refractivity (Wildman–Crippen MR) is 105 cm³/mol. The third kappa shape index (κ3) is 12.4. The molecule has 0 aromatic carbocycles. The summed E-state index contributed by atoms with van der Waals surface area (Å²) in [5.41, 5.74) is 1.33. The van der Waals surface area contributed by atoms with Gasteiger partial charge in [0.2, 0.25) is 0 Å². The van der Waals surface area contributed by atoms with Gasteiger partial charge in [-0.1, -0.05) is 58.1 Å². The summed E-state index contributed by atoms with van der Waals surface area (Å²) in [7, 11) is 0. The van der Waals surface area contributed by atoms with E-state index in [0.717, 1.165) is 24.7 Å². The Balaban J connectivity index is 3.86. The van der Waals surface area contributed by atoms with Crippen LogP contribution in [-0.2, 0) is 4.79 Å². The van der Waals surface area contributed by atoms with E-state index in [1.165, 1.54) is 37.7 Å². The summed E-state index contributed by atoms with van der Waals surface area (Å²) in [6.45, 7) is 8.99. The molecule has 0 aliphatic carbocycles. The fourth-order valence-corrected chi connectivity index (χ4v) is 3.05. The summed E-state index contributed by atoms with van der Waals surface area (Å²) in [4.78, 5) is 10.6. The Morgan fingerprint density at radius 2 is 1.54 bits per heavy atom. The first-order valence-corrected chi connectivity index (χ1v) is 10.1. The molecule has 4 N–H and O–H groups in total. The molecule has 0 saturated carbocycles. The zero-order chi connectivity index (χ0) is 20.1. The number of carbonyl (C=O) groups is 1. The van der Waals surface area contributed by atoms with Gasteiger partial charge in [0, 0.05) is 0 Å². The van der Waals surface area contributed by atoms with Crippen molar-refractivity contribution in [3.05, 3.63) is 11.6 Å². The highest BCUT2D eigenvalue weighted by Gasteiger charge is 2.29. The minimum absolute atomic E-state index is 0.266. The van der Waals surface area contributed by atoms with Crippen LogP contribution in [0.2, 0.25) is 0 Å². The Kier molecular flexibility index (Phi) is 13.7. The van der Waals surface area contributed by atoms with Gasteiger partial charge >= 0.3 is 5.97 Å². The van der Waals surface area contributed by atoms with Gasteiger partial charge in [-0.05, 0) is 50.9 Å². The molecule has 0 bridgehead atoms.